The van der Waals surface area contributed by atoms with Crippen molar-refractivity contribution in [3.63, 3.8) is 0 Å². The first-order chi connectivity index (χ1) is 24.6. The lowest BCUT2D eigenvalue weighted by Gasteiger charge is -2.30. The third-order valence-electron chi connectivity index (χ3n) is 10.3. The largest absolute Gasteiger partial charge is 0.460 e. The van der Waals surface area contributed by atoms with E-state index in [-0.39, 0.29) is 12.6 Å². The highest BCUT2D eigenvalue weighted by Crippen LogP contribution is 2.41. The molecule has 0 aliphatic heterocycles. The molecular weight excluding hydrogens is 625 g/mol. The van der Waals surface area contributed by atoms with E-state index in [4.69, 9.17) is 4.74 Å². The molecule has 6 aromatic rings. The molecule has 0 radical (unpaired) electrons. The van der Waals surface area contributed by atoms with Crippen LogP contribution in [0.4, 0.5) is 34.1 Å². The van der Waals surface area contributed by atoms with Gasteiger partial charge >= 0.3 is 5.97 Å². The van der Waals surface area contributed by atoms with Crippen LogP contribution < -0.4 is 9.80 Å². The van der Waals surface area contributed by atoms with E-state index in [1.165, 1.54) is 11.1 Å². The average molecular weight is 673 g/mol. The molecule has 51 heavy (non-hydrogen) atoms. The van der Waals surface area contributed by atoms with Crippen LogP contribution in [0.2, 0.25) is 0 Å². The first kappa shape index (κ1) is 35.2. The number of carbonyl (C=O) groups excluding carboxylic acids is 1. The number of benzene rings is 6. The Bertz CT molecular complexity index is 2060. The molecule has 258 valence electrons. The van der Waals surface area contributed by atoms with Crippen molar-refractivity contribution in [1.29, 1.82) is 0 Å². The number of carbonyl (C=O) groups is 1. The minimum atomic E-state index is -0.499. The number of anilines is 6. The van der Waals surface area contributed by atoms with E-state index in [2.05, 4.69) is 165 Å². The van der Waals surface area contributed by atoms with E-state index < -0.39 is 5.41 Å². The smallest absolute Gasteiger partial charge is 0.311 e. The quantitative estimate of drug-likeness (QED) is 0.128. The summed E-state index contributed by atoms with van der Waals surface area (Å²) in [5.41, 5.74) is 14.2. The van der Waals surface area contributed by atoms with Crippen LogP contribution >= 0.6 is 0 Å². The molecule has 0 heterocycles. The molecule has 4 nitrogen and oxygen atoms in total. The zero-order valence-electron chi connectivity index (χ0n) is 30.9. The van der Waals surface area contributed by atoms with E-state index in [1.807, 2.05) is 32.9 Å². The van der Waals surface area contributed by atoms with Crippen LogP contribution in [-0.2, 0) is 16.1 Å². The average Bonchev–Trinajstić information content (AvgIpc) is 3.16. The molecule has 0 spiro atoms. The van der Waals surface area contributed by atoms with Gasteiger partial charge in [0.1, 0.15) is 6.61 Å². The lowest BCUT2D eigenvalue weighted by Crippen LogP contribution is -2.25. The fraction of sp³-hybridized carbons (Fsp3) is 0.213. The second kappa shape index (κ2) is 15.1. The molecule has 0 fully saturated rings. The lowest BCUT2D eigenvalue weighted by molar-refractivity contribution is -0.155. The van der Waals surface area contributed by atoms with Gasteiger partial charge in [0.25, 0.3) is 0 Å². The third-order valence-corrected chi connectivity index (χ3v) is 10.3. The summed E-state index contributed by atoms with van der Waals surface area (Å²) < 4.78 is 5.79. The minimum absolute atomic E-state index is 0.164. The van der Waals surface area contributed by atoms with Gasteiger partial charge in [-0.2, -0.15) is 0 Å². The van der Waals surface area contributed by atoms with Gasteiger partial charge in [0.05, 0.1) is 5.41 Å². The summed E-state index contributed by atoms with van der Waals surface area (Å²) in [4.78, 5) is 17.4. The molecule has 6 rings (SSSR count). The molecule has 0 N–H and O–H groups in total. The molecule has 6 aromatic carbocycles. The molecule has 0 amide bonds. The third kappa shape index (κ3) is 7.46. The maximum Gasteiger partial charge on any atom is 0.311 e. The number of para-hydroxylation sites is 2. The Balaban J connectivity index is 1.32. The van der Waals surface area contributed by atoms with E-state index in [0.717, 1.165) is 68.4 Å². The highest BCUT2D eigenvalue weighted by atomic mass is 16.5. The minimum Gasteiger partial charge on any atom is -0.460 e. The Hall–Kier alpha value is -5.61. The Morgan fingerprint density at radius 1 is 0.529 bits per heavy atom. The molecular formula is C47H48N2O2. The molecule has 0 aliphatic carbocycles. The van der Waals surface area contributed by atoms with E-state index in [0.29, 0.717) is 0 Å². The predicted octanol–water partition coefficient (Wildman–Crippen LogP) is 13.0. The molecule has 0 aromatic heterocycles. The first-order valence-electron chi connectivity index (χ1n) is 17.8. The summed E-state index contributed by atoms with van der Waals surface area (Å²) >= 11 is 0. The topological polar surface area (TPSA) is 32.8 Å². The SMILES string of the molecule is CCC(C)(C)C(=O)OCc1ccc(N(c2ccc(-c3ccc(N(c4ccccc4)c4ccccc4)cc3)cc2)c2cccc(C)c2C)c(C)c1C. The highest BCUT2D eigenvalue weighted by Gasteiger charge is 2.27. The van der Waals surface area contributed by atoms with Crippen molar-refractivity contribution in [1.82, 2.24) is 0 Å². The number of hydrogen-bond acceptors (Lipinski definition) is 4. The first-order valence-corrected chi connectivity index (χ1v) is 17.8. The van der Waals surface area contributed by atoms with Crippen LogP contribution in [-0.4, -0.2) is 5.97 Å². The summed E-state index contributed by atoms with van der Waals surface area (Å²) in [6.07, 6.45) is 0.735. The number of hydrogen-bond donors (Lipinski definition) is 0. The monoisotopic (exact) mass is 672 g/mol. The van der Waals surface area contributed by atoms with Gasteiger partial charge in [-0.1, -0.05) is 85.8 Å². The summed E-state index contributed by atoms with van der Waals surface area (Å²) in [6.45, 7) is 14.8. The van der Waals surface area contributed by atoms with Crippen molar-refractivity contribution in [2.45, 2.75) is 61.5 Å². The summed E-state index contributed by atoms with van der Waals surface area (Å²) in [7, 11) is 0. The molecule has 0 saturated carbocycles. The van der Waals surface area contributed by atoms with E-state index in [9.17, 15) is 4.79 Å². The Morgan fingerprint density at radius 3 is 1.55 bits per heavy atom. The number of esters is 1. The summed E-state index contributed by atoms with van der Waals surface area (Å²) in [5, 5.41) is 0. The lowest BCUT2D eigenvalue weighted by atomic mass is 9.90. The zero-order chi connectivity index (χ0) is 36.1. The second-order valence-electron chi connectivity index (χ2n) is 14.0. The van der Waals surface area contributed by atoms with Crippen LogP contribution in [0.15, 0.2) is 140 Å². The summed E-state index contributed by atoms with van der Waals surface area (Å²) in [6, 6.07) is 49.3. The van der Waals surface area contributed by atoms with Crippen molar-refractivity contribution < 1.29 is 9.53 Å². The molecule has 0 unspecified atom stereocenters. The van der Waals surface area contributed by atoms with Crippen molar-refractivity contribution in [3.05, 3.63) is 167 Å². The fourth-order valence-electron chi connectivity index (χ4n) is 6.34. The van der Waals surface area contributed by atoms with Gasteiger partial charge in [-0.05, 0) is 148 Å². The van der Waals surface area contributed by atoms with Crippen molar-refractivity contribution in [3.8, 4) is 11.1 Å². The zero-order valence-corrected chi connectivity index (χ0v) is 30.9. The van der Waals surface area contributed by atoms with Gasteiger partial charge in [-0.3, -0.25) is 4.79 Å². The van der Waals surface area contributed by atoms with Gasteiger partial charge in [0.15, 0.2) is 0 Å². The Labute approximate surface area is 304 Å². The molecule has 0 aliphatic rings. The normalized spacial score (nSPS) is 11.3. The van der Waals surface area contributed by atoms with Crippen LogP contribution in [0, 0.1) is 33.1 Å². The van der Waals surface area contributed by atoms with Gasteiger partial charge in [0, 0.05) is 34.1 Å². The predicted molar refractivity (Wildman–Crippen MR) is 214 cm³/mol. The van der Waals surface area contributed by atoms with E-state index in [1.54, 1.807) is 0 Å². The number of ether oxygens (including phenoxy) is 1. The van der Waals surface area contributed by atoms with Gasteiger partial charge < -0.3 is 14.5 Å². The van der Waals surface area contributed by atoms with Gasteiger partial charge in [0.2, 0.25) is 0 Å². The highest BCUT2D eigenvalue weighted by molar-refractivity contribution is 5.83. The van der Waals surface area contributed by atoms with E-state index >= 15 is 0 Å². The fourth-order valence-corrected chi connectivity index (χ4v) is 6.34. The molecule has 0 bridgehead atoms. The maximum atomic E-state index is 12.7. The maximum absolute atomic E-state index is 12.7. The van der Waals surface area contributed by atoms with Crippen LogP contribution in [0.25, 0.3) is 11.1 Å². The molecule has 0 saturated heterocycles. The van der Waals surface area contributed by atoms with Crippen LogP contribution in [0.3, 0.4) is 0 Å². The molecule has 4 heteroatoms. The van der Waals surface area contributed by atoms with Crippen LogP contribution in [0.1, 0.15) is 55.0 Å². The molecule has 0 atom stereocenters. The van der Waals surface area contributed by atoms with Gasteiger partial charge in [-0.25, -0.2) is 0 Å². The van der Waals surface area contributed by atoms with Crippen molar-refractivity contribution in [2.24, 2.45) is 5.41 Å². The Morgan fingerprint density at radius 2 is 1.02 bits per heavy atom. The van der Waals surface area contributed by atoms with Crippen LogP contribution in [0.5, 0.6) is 0 Å². The summed E-state index contributed by atoms with van der Waals surface area (Å²) in [5.74, 6) is -0.164. The number of nitrogens with zero attached hydrogens (tertiary/aromatic N) is 2. The van der Waals surface area contributed by atoms with Crippen molar-refractivity contribution in [2.75, 3.05) is 9.80 Å². The Kier molecular flexibility index (Phi) is 10.4. The number of rotatable bonds is 11. The number of aryl methyl sites for hydroxylation is 1. The standard InChI is InChI=1S/C47H48N2O2/c1-8-47(6,7)46(50)51-32-39-26-31-45(36(5)35(39)4)49(44-21-15-16-33(2)34(44)3)43-29-24-38(25-30-43)37-22-27-42(28-23-37)48(40-17-11-9-12-18-40)41-19-13-10-14-20-41/h9-31H,8,32H2,1-7H3. The van der Waals surface area contributed by atoms with Gasteiger partial charge in [-0.15, -0.1) is 0 Å². The second-order valence-corrected chi connectivity index (χ2v) is 14.0. The van der Waals surface area contributed by atoms with Crippen molar-refractivity contribution >= 4 is 40.1 Å².